The molecule has 0 atom stereocenters. The number of carbonyl (C=O) groups is 1. The van der Waals surface area contributed by atoms with Crippen LogP contribution in [0.4, 0.5) is 4.39 Å². The first-order chi connectivity index (χ1) is 9.45. The average molecular weight is 312 g/mol. The lowest BCUT2D eigenvalue weighted by molar-refractivity contribution is 0.0996. The fourth-order valence-corrected chi connectivity index (χ4v) is 2.66. The number of amides is 1. The molecule has 2 aromatic rings. The van der Waals surface area contributed by atoms with Gasteiger partial charge in [0, 0.05) is 21.0 Å². The molecule has 0 bridgehead atoms. The Morgan fingerprint density at radius 2 is 2.05 bits per heavy atom. The third-order valence-corrected chi connectivity index (χ3v) is 3.83. The van der Waals surface area contributed by atoms with E-state index in [9.17, 15) is 14.3 Å². The molecule has 3 N–H and O–H groups in total. The van der Waals surface area contributed by atoms with Crippen LogP contribution in [-0.2, 0) is 0 Å². The molecule has 0 heterocycles. The molecule has 2 rings (SSSR count). The highest BCUT2D eigenvalue weighted by Gasteiger charge is 2.20. The van der Waals surface area contributed by atoms with E-state index in [0.717, 1.165) is 0 Å². The van der Waals surface area contributed by atoms with Crippen LogP contribution < -0.4 is 5.73 Å². The molecule has 20 heavy (non-hydrogen) atoms. The molecule has 0 unspecified atom stereocenters. The van der Waals surface area contributed by atoms with Crippen LogP contribution in [0.2, 0.25) is 5.02 Å². The first-order valence-corrected chi connectivity index (χ1v) is 7.21. The van der Waals surface area contributed by atoms with Crippen LogP contribution in [0.1, 0.15) is 10.4 Å². The molecule has 0 spiro atoms. The van der Waals surface area contributed by atoms with E-state index in [0.29, 0.717) is 9.92 Å². The van der Waals surface area contributed by atoms with Crippen LogP contribution in [0, 0.1) is 5.82 Å². The molecule has 6 heteroatoms. The van der Waals surface area contributed by atoms with Gasteiger partial charge in [-0.25, -0.2) is 4.39 Å². The van der Waals surface area contributed by atoms with Crippen molar-refractivity contribution in [1.82, 2.24) is 0 Å². The fraction of sp³-hybridized carbons (Fsp3) is 0.0714. The summed E-state index contributed by atoms with van der Waals surface area (Å²) in [4.78, 5) is 11.8. The Kier molecular flexibility index (Phi) is 4.20. The Bertz CT molecular complexity index is 691. The number of hydrogen-bond acceptors (Lipinski definition) is 3. The summed E-state index contributed by atoms with van der Waals surface area (Å²) in [5.74, 6) is -1.76. The van der Waals surface area contributed by atoms with Crippen molar-refractivity contribution in [2.45, 2.75) is 4.90 Å². The first kappa shape index (κ1) is 14.7. The molecule has 0 fully saturated rings. The van der Waals surface area contributed by atoms with Crippen molar-refractivity contribution in [2.24, 2.45) is 5.73 Å². The molecule has 0 radical (unpaired) electrons. The molecule has 1 amide bonds. The van der Waals surface area contributed by atoms with Gasteiger partial charge in [-0.05, 0) is 36.6 Å². The van der Waals surface area contributed by atoms with Gasteiger partial charge in [-0.15, -0.1) is 11.8 Å². The van der Waals surface area contributed by atoms with Crippen molar-refractivity contribution < 1.29 is 14.3 Å². The summed E-state index contributed by atoms with van der Waals surface area (Å²) in [6.07, 6.45) is 1.77. The van der Waals surface area contributed by atoms with Crippen molar-refractivity contribution in [3.63, 3.8) is 0 Å². The highest BCUT2D eigenvalue weighted by Crippen LogP contribution is 2.39. The standard InChI is InChI=1S/C14H11ClFNO2S/c1-20-11-5-4-9(14(17)19)13(16)12(11)8-3-2-7(15)6-10(8)18/h2-6,18H,1H3,(H2,17,19). The number of aromatic hydroxyl groups is 1. The Morgan fingerprint density at radius 1 is 1.35 bits per heavy atom. The number of thioether (sulfide) groups is 1. The second kappa shape index (κ2) is 5.73. The highest BCUT2D eigenvalue weighted by atomic mass is 35.5. The maximum Gasteiger partial charge on any atom is 0.251 e. The van der Waals surface area contributed by atoms with E-state index in [1.54, 1.807) is 12.3 Å². The van der Waals surface area contributed by atoms with Crippen LogP contribution in [0.25, 0.3) is 11.1 Å². The number of halogens is 2. The van der Waals surface area contributed by atoms with Gasteiger partial charge in [0.25, 0.3) is 5.91 Å². The predicted octanol–water partition coefficient (Wildman–Crippen LogP) is 3.67. The van der Waals surface area contributed by atoms with E-state index in [-0.39, 0.29) is 22.4 Å². The van der Waals surface area contributed by atoms with Gasteiger partial charge in [-0.3, -0.25) is 4.79 Å². The van der Waals surface area contributed by atoms with Crippen LogP contribution in [0.15, 0.2) is 35.2 Å². The maximum atomic E-state index is 14.5. The smallest absolute Gasteiger partial charge is 0.251 e. The van der Waals surface area contributed by atoms with E-state index in [1.807, 2.05) is 0 Å². The number of primary amides is 1. The normalized spacial score (nSPS) is 10.6. The van der Waals surface area contributed by atoms with E-state index in [1.165, 1.54) is 36.0 Å². The lowest BCUT2D eigenvalue weighted by Gasteiger charge is -2.13. The molecule has 0 saturated heterocycles. The highest BCUT2D eigenvalue weighted by molar-refractivity contribution is 7.98. The molecular weight excluding hydrogens is 301 g/mol. The number of nitrogens with two attached hydrogens (primary N) is 1. The number of benzene rings is 2. The molecule has 0 aromatic heterocycles. The lowest BCUT2D eigenvalue weighted by atomic mass is 10.0. The van der Waals surface area contributed by atoms with Crippen molar-refractivity contribution in [3.05, 3.63) is 46.7 Å². The number of hydrogen-bond donors (Lipinski definition) is 2. The molecule has 0 saturated carbocycles. The van der Waals surface area contributed by atoms with Gasteiger partial charge in [0.2, 0.25) is 0 Å². The number of carbonyl (C=O) groups excluding carboxylic acids is 1. The van der Waals surface area contributed by atoms with E-state index in [4.69, 9.17) is 17.3 Å². The average Bonchev–Trinajstić information content (AvgIpc) is 2.39. The van der Waals surface area contributed by atoms with Crippen molar-refractivity contribution >= 4 is 29.3 Å². The molecule has 3 nitrogen and oxygen atoms in total. The SMILES string of the molecule is CSc1ccc(C(N)=O)c(F)c1-c1ccc(Cl)cc1O. The van der Waals surface area contributed by atoms with Gasteiger partial charge in [0.1, 0.15) is 11.6 Å². The van der Waals surface area contributed by atoms with E-state index in [2.05, 4.69) is 0 Å². The zero-order valence-electron chi connectivity index (χ0n) is 10.5. The summed E-state index contributed by atoms with van der Waals surface area (Å²) in [6.45, 7) is 0. The van der Waals surface area contributed by atoms with Gasteiger partial charge in [-0.2, -0.15) is 0 Å². The zero-order valence-corrected chi connectivity index (χ0v) is 12.1. The lowest BCUT2D eigenvalue weighted by Crippen LogP contribution is -2.14. The van der Waals surface area contributed by atoms with Gasteiger partial charge < -0.3 is 10.8 Å². The summed E-state index contributed by atoms with van der Waals surface area (Å²) in [5, 5.41) is 10.3. The molecule has 0 aliphatic carbocycles. The van der Waals surface area contributed by atoms with Gasteiger partial charge in [0.05, 0.1) is 5.56 Å². The van der Waals surface area contributed by atoms with E-state index >= 15 is 0 Å². The zero-order chi connectivity index (χ0) is 14.9. The second-order valence-corrected chi connectivity index (χ2v) is 5.31. The minimum atomic E-state index is -0.857. The third-order valence-electron chi connectivity index (χ3n) is 2.82. The molecule has 0 aliphatic rings. The Hall–Kier alpha value is -1.72. The Labute approximate surface area is 124 Å². The van der Waals surface area contributed by atoms with Crippen molar-refractivity contribution in [1.29, 1.82) is 0 Å². The second-order valence-electron chi connectivity index (χ2n) is 4.03. The largest absolute Gasteiger partial charge is 0.507 e. The first-order valence-electron chi connectivity index (χ1n) is 5.61. The third kappa shape index (κ3) is 2.59. The minimum Gasteiger partial charge on any atom is -0.507 e. The summed E-state index contributed by atoms with van der Waals surface area (Å²) in [7, 11) is 0. The predicted molar refractivity (Wildman–Crippen MR) is 78.8 cm³/mol. The van der Waals surface area contributed by atoms with Crippen LogP contribution in [0.3, 0.4) is 0 Å². The van der Waals surface area contributed by atoms with Crippen LogP contribution >= 0.6 is 23.4 Å². The van der Waals surface area contributed by atoms with Crippen molar-refractivity contribution in [2.75, 3.05) is 6.26 Å². The quantitative estimate of drug-likeness (QED) is 0.850. The summed E-state index contributed by atoms with van der Waals surface area (Å²) in [5.41, 5.74) is 5.34. The minimum absolute atomic E-state index is 0.142. The Morgan fingerprint density at radius 3 is 2.60 bits per heavy atom. The van der Waals surface area contributed by atoms with Gasteiger partial charge >= 0.3 is 0 Å². The topological polar surface area (TPSA) is 63.3 Å². The molecule has 2 aromatic carbocycles. The van der Waals surface area contributed by atoms with Gasteiger partial charge in [-0.1, -0.05) is 11.6 Å². The summed E-state index contributed by atoms with van der Waals surface area (Å²) in [6, 6.07) is 7.28. The molecule has 104 valence electrons. The van der Waals surface area contributed by atoms with Crippen molar-refractivity contribution in [3.8, 4) is 16.9 Å². The summed E-state index contributed by atoms with van der Waals surface area (Å²) >= 11 is 7.07. The number of phenolic OH excluding ortho intramolecular Hbond substituents is 1. The fourth-order valence-electron chi connectivity index (χ4n) is 1.89. The maximum absolute atomic E-state index is 14.5. The molecule has 0 aliphatic heterocycles. The number of rotatable bonds is 3. The van der Waals surface area contributed by atoms with E-state index < -0.39 is 11.7 Å². The Balaban J connectivity index is 2.77. The van der Waals surface area contributed by atoms with Gasteiger partial charge in [0.15, 0.2) is 0 Å². The van der Waals surface area contributed by atoms with Crippen LogP contribution in [-0.4, -0.2) is 17.3 Å². The number of phenols is 1. The summed E-state index contributed by atoms with van der Waals surface area (Å²) < 4.78 is 14.5. The monoisotopic (exact) mass is 311 g/mol. The molecular formula is C14H11ClFNO2S. The van der Waals surface area contributed by atoms with Crippen LogP contribution in [0.5, 0.6) is 5.75 Å².